The van der Waals surface area contributed by atoms with Crippen molar-refractivity contribution in [2.24, 2.45) is 5.41 Å². The molecule has 1 aliphatic carbocycles. The van der Waals surface area contributed by atoms with Gasteiger partial charge in [-0.15, -0.1) is 0 Å². The van der Waals surface area contributed by atoms with Crippen LogP contribution in [0.2, 0.25) is 0 Å². The van der Waals surface area contributed by atoms with E-state index in [0.717, 1.165) is 18.3 Å². The van der Waals surface area contributed by atoms with Crippen molar-refractivity contribution in [1.29, 1.82) is 0 Å². The molecule has 5 nitrogen and oxygen atoms in total. The third-order valence-corrected chi connectivity index (χ3v) is 5.06. The summed E-state index contributed by atoms with van der Waals surface area (Å²) in [4.78, 5) is 22.2. The van der Waals surface area contributed by atoms with Crippen molar-refractivity contribution < 1.29 is 26.3 Å². The standard InChI is InChI=1S/C21H14F6N4O/c22-11-2-1-3-12-16(11)18(30-20(32)29-12)31(10-15(23)24)14-5-9-28-13(17(14)25)4-6-21(7-8-21)19(26)27/h1-3,5,9,15,19H,7-8,10H2,(H,29,30,32). The van der Waals surface area contributed by atoms with E-state index < -0.39 is 59.3 Å². The van der Waals surface area contributed by atoms with Gasteiger partial charge in [-0.2, -0.15) is 4.98 Å². The molecule has 0 atom stereocenters. The van der Waals surface area contributed by atoms with E-state index in [4.69, 9.17) is 0 Å². The van der Waals surface area contributed by atoms with Crippen LogP contribution < -0.4 is 10.6 Å². The summed E-state index contributed by atoms with van der Waals surface area (Å²) >= 11 is 0. The first kappa shape index (κ1) is 21.7. The summed E-state index contributed by atoms with van der Waals surface area (Å²) in [6.45, 7) is -1.13. The normalized spacial score (nSPS) is 14.5. The second-order valence-electron chi connectivity index (χ2n) is 7.23. The number of nitrogens with zero attached hydrogens (tertiary/aromatic N) is 3. The summed E-state index contributed by atoms with van der Waals surface area (Å²) in [6, 6.07) is 4.70. The number of nitrogens with one attached hydrogen (secondary N) is 1. The Morgan fingerprint density at radius 1 is 1.16 bits per heavy atom. The minimum atomic E-state index is -3.02. The second-order valence-corrected chi connectivity index (χ2v) is 7.23. The van der Waals surface area contributed by atoms with Gasteiger partial charge in [0.2, 0.25) is 0 Å². The van der Waals surface area contributed by atoms with Gasteiger partial charge in [-0.25, -0.2) is 36.1 Å². The smallest absolute Gasteiger partial charge is 0.317 e. The number of alkyl halides is 4. The summed E-state index contributed by atoms with van der Waals surface area (Å²) in [5.41, 5.74) is -3.56. The first-order chi connectivity index (χ1) is 15.2. The van der Waals surface area contributed by atoms with Crippen LogP contribution in [0.15, 0.2) is 35.3 Å². The predicted octanol–water partition coefficient (Wildman–Crippen LogP) is 4.40. The van der Waals surface area contributed by atoms with Gasteiger partial charge in [0.1, 0.15) is 5.82 Å². The topological polar surface area (TPSA) is 61.9 Å². The van der Waals surface area contributed by atoms with Crippen LogP contribution in [-0.4, -0.2) is 34.3 Å². The van der Waals surface area contributed by atoms with Gasteiger partial charge in [-0.1, -0.05) is 12.0 Å². The zero-order valence-corrected chi connectivity index (χ0v) is 16.2. The number of anilines is 2. The number of aromatic amines is 1. The van der Waals surface area contributed by atoms with Crippen LogP contribution in [0, 0.1) is 28.9 Å². The number of aromatic nitrogens is 3. The molecule has 0 radical (unpaired) electrons. The monoisotopic (exact) mass is 452 g/mol. The van der Waals surface area contributed by atoms with Crippen molar-refractivity contribution in [3.8, 4) is 11.8 Å². The van der Waals surface area contributed by atoms with Crippen molar-refractivity contribution in [3.63, 3.8) is 0 Å². The highest BCUT2D eigenvalue weighted by Gasteiger charge is 2.50. The van der Waals surface area contributed by atoms with Gasteiger partial charge < -0.3 is 9.88 Å². The van der Waals surface area contributed by atoms with E-state index in [0.29, 0.717) is 4.90 Å². The first-order valence-corrected chi connectivity index (χ1v) is 9.42. The lowest BCUT2D eigenvalue weighted by atomic mass is 10.1. The maximum absolute atomic E-state index is 15.2. The third-order valence-electron chi connectivity index (χ3n) is 5.06. The zero-order valence-electron chi connectivity index (χ0n) is 16.2. The first-order valence-electron chi connectivity index (χ1n) is 9.42. The quantitative estimate of drug-likeness (QED) is 0.461. The van der Waals surface area contributed by atoms with Crippen molar-refractivity contribution in [2.45, 2.75) is 25.7 Å². The van der Waals surface area contributed by atoms with Gasteiger partial charge >= 0.3 is 5.69 Å². The van der Waals surface area contributed by atoms with Gasteiger partial charge in [0.25, 0.3) is 12.9 Å². The van der Waals surface area contributed by atoms with Crippen molar-refractivity contribution in [2.75, 3.05) is 11.4 Å². The Morgan fingerprint density at radius 2 is 1.91 bits per heavy atom. The molecule has 1 N–H and O–H groups in total. The van der Waals surface area contributed by atoms with Gasteiger partial charge in [-0.05, 0) is 37.0 Å². The van der Waals surface area contributed by atoms with E-state index in [1.807, 2.05) is 0 Å². The molecule has 0 aliphatic heterocycles. The largest absolute Gasteiger partial charge is 0.347 e. The lowest BCUT2D eigenvalue weighted by Crippen LogP contribution is -2.29. The van der Waals surface area contributed by atoms with Crippen LogP contribution in [-0.2, 0) is 0 Å². The molecule has 2 aromatic heterocycles. The maximum Gasteiger partial charge on any atom is 0.347 e. The Morgan fingerprint density at radius 3 is 2.56 bits per heavy atom. The van der Waals surface area contributed by atoms with Gasteiger partial charge in [0.15, 0.2) is 17.3 Å². The number of rotatable bonds is 5. The molecule has 32 heavy (non-hydrogen) atoms. The summed E-state index contributed by atoms with van der Waals surface area (Å²) in [5.74, 6) is 2.00. The van der Waals surface area contributed by atoms with Crippen LogP contribution in [0.5, 0.6) is 0 Å². The van der Waals surface area contributed by atoms with Gasteiger partial charge in [-0.3, -0.25) is 0 Å². The Labute approximate surface area is 177 Å². The SMILES string of the molecule is O=c1nc(N(CC(F)F)c2ccnc(C#CC3(C(F)F)CC3)c2F)c2c(F)cccc2[nH]1. The average Bonchev–Trinajstić information content (AvgIpc) is 3.52. The molecule has 0 spiro atoms. The highest BCUT2D eigenvalue weighted by molar-refractivity contribution is 5.92. The minimum Gasteiger partial charge on any atom is -0.317 e. The third kappa shape index (κ3) is 4.00. The molecule has 4 rings (SSSR count). The molecule has 166 valence electrons. The summed E-state index contributed by atoms with van der Waals surface area (Å²) < 4.78 is 82.7. The minimum absolute atomic E-state index is 0.0265. The molecule has 11 heteroatoms. The van der Waals surface area contributed by atoms with Crippen LogP contribution in [0.1, 0.15) is 18.5 Å². The lowest BCUT2D eigenvalue weighted by molar-refractivity contribution is 0.0921. The average molecular weight is 452 g/mol. The molecule has 0 bridgehead atoms. The molecule has 1 aromatic carbocycles. The summed E-state index contributed by atoms with van der Waals surface area (Å²) in [6.07, 6.45) is -4.38. The number of pyridine rings is 1. The van der Waals surface area contributed by atoms with E-state index >= 15 is 4.39 Å². The zero-order chi connectivity index (χ0) is 23.0. The highest BCUT2D eigenvalue weighted by atomic mass is 19.3. The van der Waals surface area contributed by atoms with E-state index in [1.54, 1.807) is 0 Å². The summed E-state index contributed by atoms with van der Waals surface area (Å²) in [7, 11) is 0. The number of halogens is 6. The molecular weight excluding hydrogens is 438 g/mol. The fourth-order valence-corrected chi connectivity index (χ4v) is 3.23. The number of hydrogen-bond acceptors (Lipinski definition) is 4. The Bertz CT molecular complexity index is 1290. The number of benzene rings is 1. The van der Waals surface area contributed by atoms with Gasteiger partial charge in [0.05, 0.1) is 28.6 Å². The summed E-state index contributed by atoms with van der Waals surface area (Å²) in [5, 5.41) is -0.300. The maximum atomic E-state index is 15.2. The molecule has 0 amide bonds. The molecule has 1 fully saturated rings. The van der Waals surface area contributed by atoms with E-state index in [-0.39, 0.29) is 23.7 Å². The number of hydrogen-bond donors (Lipinski definition) is 1. The highest BCUT2D eigenvalue weighted by Crippen LogP contribution is 2.50. The van der Waals surface area contributed by atoms with Crippen LogP contribution >= 0.6 is 0 Å². The molecule has 1 saturated carbocycles. The Kier molecular flexibility index (Phi) is 5.54. The second kappa shape index (κ2) is 8.18. The van der Waals surface area contributed by atoms with E-state index in [9.17, 15) is 26.7 Å². The lowest BCUT2D eigenvalue weighted by Gasteiger charge is -2.25. The molecule has 1 aliphatic rings. The Hall–Kier alpha value is -3.55. The number of fused-ring (bicyclic) bond motifs is 1. The molecule has 3 aromatic rings. The Balaban J connectivity index is 1.88. The predicted molar refractivity (Wildman–Crippen MR) is 104 cm³/mol. The molecule has 2 heterocycles. The molecule has 0 unspecified atom stereocenters. The van der Waals surface area contributed by atoms with Gasteiger partial charge in [0, 0.05) is 6.20 Å². The van der Waals surface area contributed by atoms with Crippen LogP contribution in [0.25, 0.3) is 10.9 Å². The van der Waals surface area contributed by atoms with Crippen LogP contribution in [0.3, 0.4) is 0 Å². The van der Waals surface area contributed by atoms with Crippen molar-refractivity contribution in [3.05, 3.63) is 58.3 Å². The fourth-order valence-electron chi connectivity index (χ4n) is 3.23. The van der Waals surface area contributed by atoms with Crippen molar-refractivity contribution >= 4 is 22.4 Å². The van der Waals surface area contributed by atoms with E-state index in [2.05, 4.69) is 26.8 Å². The molecule has 0 saturated heterocycles. The molecular formula is C21H14F6N4O. The fraction of sp³-hybridized carbons (Fsp3) is 0.286. The number of H-pyrrole nitrogens is 1. The van der Waals surface area contributed by atoms with Crippen molar-refractivity contribution in [1.82, 2.24) is 15.0 Å². The van der Waals surface area contributed by atoms with Crippen LogP contribution in [0.4, 0.5) is 37.8 Å². The van der Waals surface area contributed by atoms with E-state index in [1.165, 1.54) is 12.1 Å².